The number of carbonyl (C=O) groups is 1. The van der Waals surface area contributed by atoms with Crippen molar-refractivity contribution in [1.82, 2.24) is 9.88 Å². The van der Waals surface area contributed by atoms with Crippen LogP contribution < -0.4 is 5.32 Å². The molecule has 3 nitrogen and oxygen atoms in total. The molecule has 0 amide bonds. The van der Waals surface area contributed by atoms with Crippen LogP contribution in [0.3, 0.4) is 0 Å². The summed E-state index contributed by atoms with van der Waals surface area (Å²) < 4.78 is 2.07. The zero-order valence-electron chi connectivity index (χ0n) is 9.94. The van der Waals surface area contributed by atoms with Gasteiger partial charge in [0.1, 0.15) is 0 Å². The van der Waals surface area contributed by atoms with E-state index in [9.17, 15) is 4.79 Å². The molecule has 1 atom stereocenters. The highest BCUT2D eigenvalue weighted by Crippen LogP contribution is 2.19. The van der Waals surface area contributed by atoms with Crippen LogP contribution in [0, 0.1) is 0 Å². The lowest BCUT2D eigenvalue weighted by Crippen LogP contribution is -2.30. The lowest BCUT2D eigenvalue weighted by molar-refractivity contribution is 0.0952. The molecule has 1 aromatic heterocycles. The van der Waals surface area contributed by atoms with Gasteiger partial charge in [-0.1, -0.05) is 0 Å². The number of nitrogens with zero attached hydrogens (tertiary/aromatic N) is 1. The van der Waals surface area contributed by atoms with E-state index >= 15 is 0 Å². The molecule has 17 heavy (non-hydrogen) atoms. The highest BCUT2D eigenvalue weighted by atomic mass is 16.1. The fourth-order valence-electron chi connectivity index (χ4n) is 2.54. The Morgan fingerprint density at radius 2 is 2.29 bits per heavy atom. The number of hydrogen-bond donors (Lipinski definition) is 1. The molecular weight excluding hydrogens is 212 g/mol. The Morgan fingerprint density at radius 3 is 3.06 bits per heavy atom. The molecule has 1 aliphatic rings. The molecule has 0 bridgehead atoms. The second-order valence-electron chi connectivity index (χ2n) is 4.71. The standard InChI is InChI=1S/C14H16N2O/c1-16-8-6-10-9-11(4-5-13(10)16)14(17)12-3-2-7-15-12/h4-6,8-9,12,15H,2-3,7H2,1H3. The Morgan fingerprint density at radius 1 is 1.41 bits per heavy atom. The van der Waals surface area contributed by atoms with Gasteiger partial charge in [0.15, 0.2) is 5.78 Å². The van der Waals surface area contributed by atoms with Crippen LogP contribution in [0.4, 0.5) is 0 Å². The molecule has 1 N–H and O–H groups in total. The fourth-order valence-corrected chi connectivity index (χ4v) is 2.54. The fraction of sp³-hybridized carbons (Fsp3) is 0.357. The van der Waals surface area contributed by atoms with E-state index in [2.05, 4.69) is 9.88 Å². The SMILES string of the molecule is Cn1ccc2cc(C(=O)C3CCCN3)ccc21. The molecule has 2 aromatic rings. The predicted molar refractivity (Wildman–Crippen MR) is 68.3 cm³/mol. The second-order valence-corrected chi connectivity index (χ2v) is 4.71. The summed E-state index contributed by atoms with van der Waals surface area (Å²) in [4.78, 5) is 12.2. The molecular formula is C14H16N2O. The van der Waals surface area contributed by atoms with E-state index in [-0.39, 0.29) is 11.8 Å². The van der Waals surface area contributed by atoms with E-state index in [1.165, 1.54) is 5.52 Å². The third kappa shape index (κ3) is 1.76. The van der Waals surface area contributed by atoms with Crippen LogP contribution >= 0.6 is 0 Å². The Bertz CT molecular complexity index is 565. The largest absolute Gasteiger partial charge is 0.351 e. The number of aromatic nitrogens is 1. The van der Waals surface area contributed by atoms with Crippen molar-refractivity contribution in [2.45, 2.75) is 18.9 Å². The summed E-state index contributed by atoms with van der Waals surface area (Å²) in [6, 6.07) is 8.03. The summed E-state index contributed by atoms with van der Waals surface area (Å²) in [6.07, 6.45) is 4.09. The number of benzene rings is 1. The summed E-state index contributed by atoms with van der Waals surface area (Å²) >= 11 is 0. The first-order valence-electron chi connectivity index (χ1n) is 6.08. The number of aryl methyl sites for hydroxylation is 1. The van der Waals surface area contributed by atoms with Crippen molar-refractivity contribution < 1.29 is 4.79 Å². The maximum absolute atomic E-state index is 12.2. The number of Topliss-reactive ketones (excluding diaryl/α,β-unsaturated/α-hetero) is 1. The topological polar surface area (TPSA) is 34.0 Å². The summed E-state index contributed by atoms with van der Waals surface area (Å²) in [7, 11) is 2.02. The van der Waals surface area contributed by atoms with Gasteiger partial charge in [0.2, 0.25) is 0 Å². The molecule has 88 valence electrons. The van der Waals surface area contributed by atoms with E-state index in [4.69, 9.17) is 0 Å². The van der Waals surface area contributed by atoms with Gasteiger partial charge >= 0.3 is 0 Å². The number of carbonyl (C=O) groups excluding carboxylic acids is 1. The summed E-state index contributed by atoms with van der Waals surface area (Å²) in [5.41, 5.74) is 1.99. The highest BCUT2D eigenvalue weighted by molar-refractivity contribution is 6.03. The quantitative estimate of drug-likeness (QED) is 0.799. The number of rotatable bonds is 2. The van der Waals surface area contributed by atoms with Crippen molar-refractivity contribution in [3.05, 3.63) is 36.0 Å². The molecule has 2 heterocycles. The molecule has 0 aliphatic carbocycles. The van der Waals surface area contributed by atoms with Crippen LogP contribution in [0.5, 0.6) is 0 Å². The summed E-state index contributed by atoms with van der Waals surface area (Å²) in [6.45, 7) is 0.962. The van der Waals surface area contributed by atoms with Crippen LogP contribution in [0.25, 0.3) is 10.9 Å². The number of nitrogens with one attached hydrogen (secondary N) is 1. The average Bonchev–Trinajstić information content (AvgIpc) is 2.98. The van der Waals surface area contributed by atoms with Gasteiger partial charge in [0.05, 0.1) is 6.04 Å². The van der Waals surface area contributed by atoms with Gasteiger partial charge in [0.25, 0.3) is 0 Å². The second kappa shape index (κ2) is 4.00. The minimum atomic E-state index is 0.0242. The van der Waals surface area contributed by atoms with Crippen LogP contribution in [0.15, 0.2) is 30.5 Å². The summed E-state index contributed by atoms with van der Waals surface area (Å²) in [5.74, 6) is 0.230. The monoisotopic (exact) mass is 228 g/mol. The maximum Gasteiger partial charge on any atom is 0.179 e. The maximum atomic E-state index is 12.2. The number of fused-ring (bicyclic) bond motifs is 1. The third-order valence-corrected chi connectivity index (χ3v) is 3.55. The van der Waals surface area contributed by atoms with Gasteiger partial charge in [-0.2, -0.15) is 0 Å². The third-order valence-electron chi connectivity index (χ3n) is 3.55. The molecule has 1 fully saturated rings. The van der Waals surface area contributed by atoms with Gasteiger partial charge in [-0.3, -0.25) is 4.79 Å². The van der Waals surface area contributed by atoms with Gasteiger partial charge in [-0.05, 0) is 43.7 Å². The Balaban J connectivity index is 1.97. The minimum Gasteiger partial charge on any atom is -0.351 e. The minimum absolute atomic E-state index is 0.0242. The molecule has 1 aliphatic heterocycles. The van der Waals surface area contributed by atoms with Crippen molar-refractivity contribution in [2.24, 2.45) is 7.05 Å². The van der Waals surface area contributed by atoms with Crippen molar-refractivity contribution in [2.75, 3.05) is 6.54 Å². The van der Waals surface area contributed by atoms with E-state index in [0.717, 1.165) is 30.3 Å². The normalized spacial score (nSPS) is 19.9. The van der Waals surface area contributed by atoms with Crippen molar-refractivity contribution in [3.8, 4) is 0 Å². The molecule has 3 rings (SSSR count). The molecule has 1 unspecified atom stereocenters. The highest BCUT2D eigenvalue weighted by Gasteiger charge is 2.23. The van der Waals surface area contributed by atoms with Crippen molar-refractivity contribution in [1.29, 1.82) is 0 Å². The molecule has 0 radical (unpaired) electrons. The van der Waals surface area contributed by atoms with E-state index in [1.54, 1.807) is 0 Å². The van der Waals surface area contributed by atoms with E-state index < -0.39 is 0 Å². The first kappa shape index (κ1) is 10.5. The lowest BCUT2D eigenvalue weighted by Gasteiger charge is -2.09. The lowest BCUT2D eigenvalue weighted by atomic mass is 10.0. The number of ketones is 1. The Hall–Kier alpha value is -1.61. The van der Waals surface area contributed by atoms with Gasteiger partial charge in [0, 0.05) is 29.7 Å². The summed E-state index contributed by atoms with van der Waals surface area (Å²) in [5, 5.41) is 4.39. The molecule has 0 saturated carbocycles. The predicted octanol–water partition coefficient (Wildman–Crippen LogP) is 2.11. The van der Waals surface area contributed by atoms with E-state index in [0.29, 0.717) is 0 Å². The molecule has 1 saturated heterocycles. The van der Waals surface area contributed by atoms with Gasteiger partial charge in [-0.15, -0.1) is 0 Å². The van der Waals surface area contributed by atoms with Gasteiger partial charge in [-0.25, -0.2) is 0 Å². The average molecular weight is 228 g/mol. The zero-order valence-corrected chi connectivity index (χ0v) is 9.94. The van der Waals surface area contributed by atoms with Crippen LogP contribution in [-0.4, -0.2) is 22.9 Å². The smallest absolute Gasteiger partial charge is 0.179 e. The van der Waals surface area contributed by atoms with Crippen molar-refractivity contribution >= 4 is 16.7 Å². The van der Waals surface area contributed by atoms with Gasteiger partial charge < -0.3 is 9.88 Å². The van der Waals surface area contributed by atoms with Crippen LogP contribution in [0.1, 0.15) is 23.2 Å². The first-order chi connectivity index (χ1) is 8.25. The van der Waals surface area contributed by atoms with E-state index in [1.807, 2.05) is 37.5 Å². The first-order valence-corrected chi connectivity index (χ1v) is 6.08. The Labute approximate surface area is 100 Å². The molecule has 1 aromatic carbocycles. The molecule has 3 heteroatoms. The zero-order chi connectivity index (χ0) is 11.8. The molecule has 0 spiro atoms. The van der Waals surface area contributed by atoms with Crippen LogP contribution in [-0.2, 0) is 7.05 Å². The van der Waals surface area contributed by atoms with Crippen LogP contribution in [0.2, 0.25) is 0 Å². The number of hydrogen-bond acceptors (Lipinski definition) is 2. The Kier molecular flexibility index (Phi) is 2.48. The van der Waals surface area contributed by atoms with Crippen molar-refractivity contribution in [3.63, 3.8) is 0 Å².